The Morgan fingerprint density at radius 2 is 1.95 bits per heavy atom. The lowest BCUT2D eigenvalue weighted by Gasteiger charge is -2.24. The second-order valence-corrected chi connectivity index (χ2v) is 7.02. The number of nitrogens with zero attached hydrogens (tertiary/aromatic N) is 2. The Labute approximate surface area is 126 Å². The monoisotopic (exact) mass is 308 g/mol. The van der Waals surface area contributed by atoms with E-state index in [1.165, 1.54) is 8.61 Å². The van der Waals surface area contributed by atoms with Gasteiger partial charge in [-0.05, 0) is 24.5 Å². The molecule has 21 heavy (non-hydrogen) atoms. The summed E-state index contributed by atoms with van der Waals surface area (Å²) >= 11 is 0. The van der Waals surface area contributed by atoms with Crippen LogP contribution in [-0.4, -0.2) is 48.9 Å². The minimum atomic E-state index is -3.41. The van der Waals surface area contributed by atoms with Crippen molar-refractivity contribution in [3.63, 3.8) is 0 Å². The molecule has 0 atom stereocenters. The van der Waals surface area contributed by atoms with E-state index in [4.69, 9.17) is 5.11 Å². The van der Waals surface area contributed by atoms with Gasteiger partial charge in [-0.2, -0.15) is 17.0 Å². The Bertz CT molecular complexity index is 640. The molecule has 0 radical (unpaired) electrons. The lowest BCUT2D eigenvalue weighted by molar-refractivity contribution is 0.350. The summed E-state index contributed by atoms with van der Waals surface area (Å²) in [6.07, 6.45) is 1.84. The lowest BCUT2D eigenvalue weighted by atomic mass is 10.1. The second-order valence-electron chi connectivity index (χ2n) is 4.99. The number of hydrogen-bond donors (Lipinski definition) is 1. The summed E-state index contributed by atoms with van der Waals surface area (Å²) in [7, 11) is -1.82. The third-order valence-corrected chi connectivity index (χ3v) is 5.43. The van der Waals surface area contributed by atoms with Crippen LogP contribution in [0.5, 0.6) is 0 Å². The van der Waals surface area contributed by atoms with Crippen molar-refractivity contribution >= 4 is 10.2 Å². The molecule has 0 aromatic heterocycles. The highest BCUT2D eigenvalue weighted by Gasteiger charge is 2.29. The summed E-state index contributed by atoms with van der Waals surface area (Å²) in [5.41, 5.74) is 1.58. The molecule has 6 heteroatoms. The van der Waals surface area contributed by atoms with Crippen LogP contribution in [0, 0.1) is 11.8 Å². The van der Waals surface area contributed by atoms with Gasteiger partial charge < -0.3 is 5.11 Å². The van der Waals surface area contributed by atoms with E-state index in [2.05, 4.69) is 11.8 Å². The van der Waals surface area contributed by atoms with Crippen LogP contribution in [0.25, 0.3) is 0 Å². The summed E-state index contributed by atoms with van der Waals surface area (Å²) < 4.78 is 27.8. The normalized spacial score (nSPS) is 16.0. The van der Waals surface area contributed by atoms with E-state index in [1.54, 1.807) is 7.05 Å². The zero-order chi connectivity index (χ0) is 15.3. The fraction of sp³-hybridized carbons (Fsp3) is 0.467. The minimum Gasteiger partial charge on any atom is -0.384 e. The van der Waals surface area contributed by atoms with Gasteiger partial charge in [-0.1, -0.05) is 30.0 Å². The summed E-state index contributed by atoms with van der Waals surface area (Å²) in [4.78, 5) is 0. The number of benzene rings is 1. The first kappa shape index (κ1) is 16.0. The van der Waals surface area contributed by atoms with Crippen molar-refractivity contribution in [1.82, 2.24) is 8.61 Å². The maximum atomic E-state index is 12.4. The number of aliphatic hydroxyl groups excluding tert-OH is 1. The summed E-state index contributed by atoms with van der Waals surface area (Å²) in [5.74, 6) is 5.45. The molecule has 0 amide bonds. The van der Waals surface area contributed by atoms with E-state index in [0.717, 1.165) is 24.0 Å². The van der Waals surface area contributed by atoms with Gasteiger partial charge in [-0.3, -0.25) is 0 Å². The standard InChI is InChI=1S/C15H20N2O3S/c1-16(21(19,20)17-10-4-5-11-17)13-15-8-3-2-7-14(15)9-6-12-18/h2-3,7-8,18H,4-5,10-13H2,1H3. The molecule has 1 aromatic rings. The predicted molar refractivity (Wildman–Crippen MR) is 81.6 cm³/mol. The summed E-state index contributed by atoms with van der Waals surface area (Å²) in [6, 6.07) is 7.39. The van der Waals surface area contributed by atoms with Crippen molar-refractivity contribution in [2.45, 2.75) is 19.4 Å². The average Bonchev–Trinajstić information content (AvgIpc) is 3.01. The Morgan fingerprint density at radius 3 is 2.62 bits per heavy atom. The van der Waals surface area contributed by atoms with Gasteiger partial charge in [0.2, 0.25) is 0 Å². The fourth-order valence-corrected chi connectivity index (χ4v) is 3.77. The fourth-order valence-electron chi connectivity index (χ4n) is 2.35. The SMILES string of the molecule is CN(Cc1ccccc1C#CCO)S(=O)(=O)N1CCCC1. The van der Waals surface area contributed by atoms with Gasteiger partial charge in [0.1, 0.15) is 6.61 Å². The second kappa shape index (κ2) is 7.05. The molecule has 0 bridgehead atoms. The molecule has 0 spiro atoms. The molecule has 114 valence electrons. The van der Waals surface area contributed by atoms with Crippen LogP contribution in [0.3, 0.4) is 0 Å². The average molecular weight is 308 g/mol. The van der Waals surface area contributed by atoms with Crippen molar-refractivity contribution in [2.75, 3.05) is 26.7 Å². The molecule has 1 N–H and O–H groups in total. The van der Waals surface area contributed by atoms with Crippen LogP contribution in [0.15, 0.2) is 24.3 Å². The molecule has 0 saturated carbocycles. The minimum absolute atomic E-state index is 0.212. The molecule has 0 unspecified atom stereocenters. The van der Waals surface area contributed by atoms with Crippen molar-refractivity contribution in [1.29, 1.82) is 0 Å². The molecule has 1 saturated heterocycles. The molecule has 2 rings (SSSR count). The third-order valence-electron chi connectivity index (χ3n) is 3.50. The summed E-state index contributed by atoms with van der Waals surface area (Å²) in [5, 5.41) is 8.79. The molecular weight excluding hydrogens is 288 g/mol. The Morgan fingerprint density at radius 1 is 1.29 bits per heavy atom. The topological polar surface area (TPSA) is 60.9 Å². The number of aliphatic hydroxyl groups is 1. The maximum Gasteiger partial charge on any atom is 0.282 e. The van der Waals surface area contributed by atoms with Crippen molar-refractivity contribution in [3.05, 3.63) is 35.4 Å². The van der Waals surface area contributed by atoms with E-state index in [9.17, 15) is 8.42 Å². The molecule has 0 aliphatic carbocycles. The Hall–Kier alpha value is -1.39. The molecule has 1 aliphatic heterocycles. The van der Waals surface area contributed by atoms with Gasteiger partial charge in [-0.15, -0.1) is 0 Å². The first-order valence-corrected chi connectivity index (χ1v) is 8.34. The zero-order valence-corrected chi connectivity index (χ0v) is 12.9. The van der Waals surface area contributed by atoms with Gasteiger partial charge in [0, 0.05) is 32.2 Å². The van der Waals surface area contributed by atoms with Crippen LogP contribution in [0.1, 0.15) is 24.0 Å². The first-order chi connectivity index (χ1) is 10.1. The van der Waals surface area contributed by atoms with Crippen LogP contribution < -0.4 is 0 Å². The molecule has 5 nitrogen and oxygen atoms in total. The van der Waals surface area contributed by atoms with Crippen molar-refractivity contribution in [2.24, 2.45) is 0 Å². The van der Waals surface area contributed by atoms with E-state index >= 15 is 0 Å². The Balaban J connectivity index is 2.17. The van der Waals surface area contributed by atoms with E-state index in [-0.39, 0.29) is 13.2 Å². The smallest absolute Gasteiger partial charge is 0.282 e. The molecule has 1 aliphatic rings. The van der Waals surface area contributed by atoms with E-state index in [1.807, 2.05) is 24.3 Å². The quantitative estimate of drug-likeness (QED) is 0.837. The Kier molecular flexibility index (Phi) is 5.37. The van der Waals surface area contributed by atoms with Gasteiger partial charge in [-0.25, -0.2) is 0 Å². The summed E-state index contributed by atoms with van der Waals surface area (Å²) in [6.45, 7) is 1.25. The highest BCUT2D eigenvalue weighted by Crippen LogP contribution is 2.18. The molecule has 1 aromatic carbocycles. The lowest BCUT2D eigenvalue weighted by Crippen LogP contribution is -2.39. The van der Waals surface area contributed by atoms with Gasteiger partial charge in [0.15, 0.2) is 0 Å². The van der Waals surface area contributed by atoms with Crippen LogP contribution >= 0.6 is 0 Å². The highest BCUT2D eigenvalue weighted by molar-refractivity contribution is 7.86. The van der Waals surface area contributed by atoms with Crippen LogP contribution in [-0.2, 0) is 16.8 Å². The van der Waals surface area contributed by atoms with Gasteiger partial charge in [0.05, 0.1) is 0 Å². The highest BCUT2D eigenvalue weighted by atomic mass is 32.2. The van der Waals surface area contributed by atoms with E-state index < -0.39 is 10.2 Å². The van der Waals surface area contributed by atoms with E-state index in [0.29, 0.717) is 13.1 Å². The molecule has 1 fully saturated rings. The zero-order valence-electron chi connectivity index (χ0n) is 12.1. The van der Waals surface area contributed by atoms with Gasteiger partial charge >= 0.3 is 0 Å². The van der Waals surface area contributed by atoms with Crippen LogP contribution in [0.4, 0.5) is 0 Å². The van der Waals surface area contributed by atoms with Crippen LogP contribution in [0.2, 0.25) is 0 Å². The van der Waals surface area contributed by atoms with Crippen molar-refractivity contribution in [3.8, 4) is 11.8 Å². The number of hydrogen-bond acceptors (Lipinski definition) is 3. The number of rotatable bonds is 4. The third kappa shape index (κ3) is 3.83. The largest absolute Gasteiger partial charge is 0.384 e. The maximum absolute atomic E-state index is 12.4. The molecular formula is C15H20N2O3S. The molecule has 1 heterocycles. The predicted octanol–water partition coefficient (Wildman–Crippen LogP) is 0.803. The van der Waals surface area contributed by atoms with Crippen molar-refractivity contribution < 1.29 is 13.5 Å². The van der Waals surface area contributed by atoms with Gasteiger partial charge in [0.25, 0.3) is 10.2 Å². The first-order valence-electron chi connectivity index (χ1n) is 6.95.